The fourth-order valence-corrected chi connectivity index (χ4v) is 2.06. The average molecular weight is 257 g/mol. The van der Waals surface area contributed by atoms with Crippen LogP contribution in [0.5, 0.6) is 0 Å². The number of amides is 2. The number of aromatic nitrogens is 2. The first-order chi connectivity index (χ1) is 9.04. The molecular weight excluding hydrogens is 246 g/mol. The van der Waals surface area contributed by atoms with E-state index in [-0.39, 0.29) is 5.91 Å². The van der Waals surface area contributed by atoms with Crippen LogP contribution in [0.15, 0.2) is 24.5 Å². The van der Waals surface area contributed by atoms with E-state index in [0.717, 1.165) is 5.56 Å². The number of nitrogens with one attached hydrogen (secondary N) is 1. The monoisotopic (exact) mass is 257 g/mol. The highest BCUT2D eigenvalue weighted by Crippen LogP contribution is 2.30. The predicted molar refractivity (Wildman–Crippen MR) is 68.8 cm³/mol. The minimum atomic E-state index is -0.556. The molecule has 0 aliphatic carbocycles. The maximum Gasteiger partial charge on any atom is 0.251 e. The van der Waals surface area contributed by atoms with Gasteiger partial charge in [0.05, 0.1) is 29.6 Å². The third-order valence-corrected chi connectivity index (χ3v) is 2.99. The Morgan fingerprint density at radius 1 is 1.42 bits per heavy atom. The number of anilines is 2. The molecule has 0 bridgehead atoms. The number of fused-ring (bicyclic) bond motifs is 1. The Hall–Kier alpha value is -2.83. The number of primary amides is 1. The Morgan fingerprint density at radius 3 is 2.89 bits per heavy atom. The van der Waals surface area contributed by atoms with Gasteiger partial charge < -0.3 is 16.8 Å². The van der Waals surface area contributed by atoms with Crippen molar-refractivity contribution in [3.63, 3.8) is 0 Å². The molecular formula is C12H11N5O2. The van der Waals surface area contributed by atoms with Crippen LogP contribution in [0.25, 0.3) is 5.69 Å². The molecule has 0 fully saturated rings. The van der Waals surface area contributed by atoms with Gasteiger partial charge in [-0.3, -0.25) is 9.59 Å². The summed E-state index contributed by atoms with van der Waals surface area (Å²) in [6, 6.07) is 3.46. The Labute approximate surface area is 108 Å². The van der Waals surface area contributed by atoms with E-state index in [2.05, 4.69) is 10.4 Å². The van der Waals surface area contributed by atoms with Gasteiger partial charge in [0.15, 0.2) is 0 Å². The maximum absolute atomic E-state index is 11.3. The first-order valence-electron chi connectivity index (χ1n) is 5.61. The Kier molecular flexibility index (Phi) is 2.28. The topological polar surface area (TPSA) is 116 Å². The number of benzene rings is 1. The minimum absolute atomic E-state index is 0.0650. The SMILES string of the molecule is NC(=O)c1cnn(-c2cc3c(cc2N)CC(=O)N3)c1. The fraction of sp³-hybridized carbons (Fsp3) is 0.0833. The fourth-order valence-electron chi connectivity index (χ4n) is 2.06. The van der Waals surface area contributed by atoms with Gasteiger partial charge in [0.25, 0.3) is 5.91 Å². The van der Waals surface area contributed by atoms with Crippen LogP contribution in [0.1, 0.15) is 15.9 Å². The van der Waals surface area contributed by atoms with Gasteiger partial charge in [-0.05, 0) is 17.7 Å². The molecule has 7 heteroatoms. The van der Waals surface area contributed by atoms with Crippen molar-refractivity contribution in [3.8, 4) is 5.69 Å². The maximum atomic E-state index is 11.3. The molecule has 7 nitrogen and oxygen atoms in total. The number of nitrogens with zero attached hydrogens (tertiary/aromatic N) is 2. The van der Waals surface area contributed by atoms with Crippen LogP contribution < -0.4 is 16.8 Å². The van der Waals surface area contributed by atoms with Crippen molar-refractivity contribution in [3.05, 3.63) is 35.7 Å². The number of nitrogen functional groups attached to an aromatic ring is 1. The summed E-state index contributed by atoms with van der Waals surface area (Å²) in [5, 5.41) is 6.77. The number of carbonyl (C=O) groups is 2. The van der Waals surface area contributed by atoms with E-state index < -0.39 is 5.91 Å². The smallest absolute Gasteiger partial charge is 0.251 e. The van der Waals surface area contributed by atoms with Crippen LogP contribution in [-0.4, -0.2) is 21.6 Å². The zero-order valence-corrected chi connectivity index (χ0v) is 9.88. The first kappa shape index (κ1) is 11.3. The summed E-state index contributed by atoms with van der Waals surface area (Å²) < 4.78 is 1.46. The Morgan fingerprint density at radius 2 is 2.21 bits per heavy atom. The third kappa shape index (κ3) is 1.81. The van der Waals surface area contributed by atoms with Gasteiger partial charge in [0, 0.05) is 11.9 Å². The summed E-state index contributed by atoms with van der Waals surface area (Å²) in [7, 11) is 0. The molecule has 2 heterocycles. The molecule has 0 radical (unpaired) electrons. The molecule has 2 aromatic rings. The largest absolute Gasteiger partial charge is 0.397 e. The molecule has 1 aliphatic rings. The van der Waals surface area contributed by atoms with Crippen LogP contribution in [-0.2, 0) is 11.2 Å². The summed E-state index contributed by atoms with van der Waals surface area (Å²) in [4.78, 5) is 22.4. The quantitative estimate of drug-likeness (QED) is 0.659. The summed E-state index contributed by atoms with van der Waals surface area (Å²) in [5.41, 5.74) is 14.0. The van der Waals surface area contributed by atoms with Gasteiger partial charge in [-0.2, -0.15) is 5.10 Å². The highest BCUT2D eigenvalue weighted by Gasteiger charge is 2.20. The van der Waals surface area contributed by atoms with Gasteiger partial charge in [0.2, 0.25) is 5.91 Å². The lowest BCUT2D eigenvalue weighted by atomic mass is 10.1. The van der Waals surface area contributed by atoms with E-state index in [1.807, 2.05) is 0 Å². The van der Waals surface area contributed by atoms with Crippen molar-refractivity contribution >= 4 is 23.2 Å². The number of carbonyl (C=O) groups excluding carboxylic acids is 2. The van der Waals surface area contributed by atoms with E-state index in [1.165, 1.54) is 17.1 Å². The van der Waals surface area contributed by atoms with Crippen molar-refractivity contribution in [2.24, 2.45) is 5.73 Å². The molecule has 0 saturated carbocycles. The third-order valence-electron chi connectivity index (χ3n) is 2.99. The lowest BCUT2D eigenvalue weighted by Crippen LogP contribution is -2.09. The molecule has 0 unspecified atom stereocenters. The zero-order valence-electron chi connectivity index (χ0n) is 9.88. The number of nitrogens with two attached hydrogens (primary N) is 2. The van der Waals surface area contributed by atoms with E-state index in [4.69, 9.17) is 11.5 Å². The molecule has 3 rings (SSSR count). The standard InChI is InChI=1S/C12H11N5O2/c13-8-1-6-2-11(18)16-9(6)3-10(8)17-5-7(4-15-17)12(14)19/h1,3-5H,2,13H2,(H2,14,19)(H,16,18). The molecule has 2 amide bonds. The van der Waals surface area contributed by atoms with E-state index >= 15 is 0 Å². The number of hydrogen-bond acceptors (Lipinski definition) is 4. The molecule has 1 aliphatic heterocycles. The normalized spacial score (nSPS) is 13.2. The van der Waals surface area contributed by atoms with Gasteiger partial charge >= 0.3 is 0 Å². The Balaban J connectivity index is 2.08. The van der Waals surface area contributed by atoms with Gasteiger partial charge in [-0.1, -0.05) is 0 Å². The van der Waals surface area contributed by atoms with Crippen LogP contribution in [0.2, 0.25) is 0 Å². The van der Waals surface area contributed by atoms with Crippen molar-refractivity contribution in [2.45, 2.75) is 6.42 Å². The summed E-state index contributed by atoms with van der Waals surface area (Å²) in [5.74, 6) is -0.621. The second kappa shape index (κ2) is 3.84. The van der Waals surface area contributed by atoms with Crippen molar-refractivity contribution in [2.75, 3.05) is 11.1 Å². The average Bonchev–Trinajstić information content (AvgIpc) is 2.92. The van der Waals surface area contributed by atoms with Gasteiger partial charge in [-0.15, -0.1) is 0 Å². The zero-order chi connectivity index (χ0) is 13.6. The highest BCUT2D eigenvalue weighted by atomic mass is 16.2. The van der Waals surface area contributed by atoms with E-state index in [0.29, 0.717) is 29.0 Å². The molecule has 96 valence electrons. The molecule has 1 aromatic carbocycles. The van der Waals surface area contributed by atoms with Crippen LogP contribution in [0.4, 0.5) is 11.4 Å². The molecule has 0 saturated heterocycles. The molecule has 5 N–H and O–H groups in total. The number of hydrogen-bond donors (Lipinski definition) is 3. The minimum Gasteiger partial charge on any atom is -0.397 e. The summed E-state index contributed by atoms with van der Waals surface area (Å²) >= 11 is 0. The number of rotatable bonds is 2. The highest BCUT2D eigenvalue weighted by molar-refractivity contribution is 6.00. The van der Waals surface area contributed by atoms with E-state index in [1.54, 1.807) is 12.1 Å². The van der Waals surface area contributed by atoms with Crippen LogP contribution in [0.3, 0.4) is 0 Å². The Bertz CT molecular complexity index is 704. The second-order valence-corrected chi connectivity index (χ2v) is 4.33. The van der Waals surface area contributed by atoms with Crippen molar-refractivity contribution in [1.29, 1.82) is 0 Å². The van der Waals surface area contributed by atoms with Crippen LogP contribution in [0, 0.1) is 0 Å². The molecule has 19 heavy (non-hydrogen) atoms. The molecule has 0 spiro atoms. The summed E-state index contributed by atoms with van der Waals surface area (Å²) in [6.45, 7) is 0. The van der Waals surface area contributed by atoms with Crippen LogP contribution >= 0.6 is 0 Å². The summed E-state index contributed by atoms with van der Waals surface area (Å²) in [6.07, 6.45) is 3.19. The lowest BCUT2D eigenvalue weighted by Gasteiger charge is -2.08. The van der Waals surface area contributed by atoms with Crippen molar-refractivity contribution < 1.29 is 9.59 Å². The molecule has 0 atom stereocenters. The van der Waals surface area contributed by atoms with E-state index in [9.17, 15) is 9.59 Å². The van der Waals surface area contributed by atoms with Gasteiger partial charge in [0.1, 0.15) is 0 Å². The van der Waals surface area contributed by atoms with Crippen molar-refractivity contribution in [1.82, 2.24) is 9.78 Å². The van der Waals surface area contributed by atoms with Gasteiger partial charge in [-0.25, -0.2) is 4.68 Å². The molecule has 1 aromatic heterocycles. The first-order valence-corrected chi connectivity index (χ1v) is 5.61. The second-order valence-electron chi connectivity index (χ2n) is 4.33. The lowest BCUT2D eigenvalue weighted by molar-refractivity contribution is -0.115. The predicted octanol–water partition coefficient (Wildman–Crippen LogP) is 0.0480.